The molecule has 2 nitrogen and oxygen atoms in total. The van der Waals surface area contributed by atoms with E-state index in [1.807, 2.05) is 0 Å². The second-order valence-electron chi connectivity index (χ2n) is 4.16. The number of ether oxygens (including phenoxy) is 1. The Morgan fingerprint density at radius 3 is 2.85 bits per heavy atom. The summed E-state index contributed by atoms with van der Waals surface area (Å²) >= 11 is 5.99. The van der Waals surface area contributed by atoms with Gasteiger partial charge in [-0.05, 0) is 18.9 Å². The van der Waals surface area contributed by atoms with E-state index in [4.69, 9.17) is 16.3 Å². The highest BCUT2D eigenvalue weighted by atomic mass is 35.5. The summed E-state index contributed by atoms with van der Waals surface area (Å²) in [5.74, 6) is 0.638. The minimum atomic E-state index is 0.366. The predicted octanol–water partition coefficient (Wildman–Crippen LogP) is 1.97. The summed E-state index contributed by atoms with van der Waals surface area (Å²) in [5.41, 5.74) is 0. The van der Waals surface area contributed by atoms with Crippen LogP contribution in [0.15, 0.2) is 0 Å². The van der Waals surface area contributed by atoms with Gasteiger partial charge in [-0.1, -0.05) is 13.8 Å². The van der Waals surface area contributed by atoms with Crippen molar-refractivity contribution in [1.82, 2.24) is 4.90 Å². The molecule has 0 aromatic carbocycles. The smallest absolute Gasteiger partial charge is 0.0593 e. The van der Waals surface area contributed by atoms with Gasteiger partial charge >= 0.3 is 0 Å². The van der Waals surface area contributed by atoms with Gasteiger partial charge in [-0.2, -0.15) is 0 Å². The molecule has 0 N–H and O–H groups in total. The molecule has 0 saturated carbocycles. The quantitative estimate of drug-likeness (QED) is 0.503. The standard InChI is InChI=1S/C10H20ClNO/c1-9(2)8-13-6-5-12-4-3-10(11)7-12/h9-10H,3-8H2,1-2H3. The summed E-state index contributed by atoms with van der Waals surface area (Å²) < 4.78 is 5.51. The normalized spacial score (nSPS) is 24.5. The Balaban J connectivity index is 1.94. The summed E-state index contributed by atoms with van der Waals surface area (Å²) in [4.78, 5) is 2.37. The second kappa shape index (κ2) is 5.84. The van der Waals surface area contributed by atoms with E-state index in [0.717, 1.165) is 39.3 Å². The van der Waals surface area contributed by atoms with Crippen LogP contribution in [-0.2, 0) is 4.74 Å². The zero-order valence-electron chi connectivity index (χ0n) is 8.63. The summed E-state index contributed by atoms with van der Waals surface area (Å²) in [7, 11) is 0. The number of nitrogens with zero attached hydrogens (tertiary/aromatic N) is 1. The Morgan fingerprint density at radius 1 is 1.54 bits per heavy atom. The third kappa shape index (κ3) is 4.84. The lowest BCUT2D eigenvalue weighted by Gasteiger charge is -2.15. The van der Waals surface area contributed by atoms with Crippen LogP contribution in [0.1, 0.15) is 20.3 Å². The van der Waals surface area contributed by atoms with Crippen molar-refractivity contribution in [3.05, 3.63) is 0 Å². The van der Waals surface area contributed by atoms with Crippen molar-refractivity contribution in [2.45, 2.75) is 25.6 Å². The lowest BCUT2D eigenvalue weighted by molar-refractivity contribution is 0.0913. The SMILES string of the molecule is CC(C)COCCN1CCC(Cl)C1. The molecule has 1 aliphatic heterocycles. The van der Waals surface area contributed by atoms with Gasteiger partial charge in [0.2, 0.25) is 0 Å². The van der Waals surface area contributed by atoms with Gasteiger partial charge in [-0.3, -0.25) is 4.90 Å². The largest absolute Gasteiger partial charge is 0.380 e. The van der Waals surface area contributed by atoms with Crippen LogP contribution in [0.25, 0.3) is 0 Å². The molecule has 0 aromatic rings. The molecule has 13 heavy (non-hydrogen) atoms. The van der Waals surface area contributed by atoms with E-state index in [0.29, 0.717) is 11.3 Å². The zero-order chi connectivity index (χ0) is 9.68. The number of hydrogen-bond donors (Lipinski definition) is 0. The van der Waals surface area contributed by atoms with Gasteiger partial charge in [0.25, 0.3) is 0 Å². The number of likely N-dealkylation sites (tertiary alicyclic amines) is 1. The Morgan fingerprint density at radius 2 is 2.31 bits per heavy atom. The second-order valence-corrected chi connectivity index (χ2v) is 4.77. The molecule has 0 spiro atoms. The molecule has 0 aliphatic carbocycles. The molecular weight excluding hydrogens is 186 g/mol. The van der Waals surface area contributed by atoms with Crippen molar-refractivity contribution in [3.8, 4) is 0 Å². The van der Waals surface area contributed by atoms with Gasteiger partial charge in [0.05, 0.1) is 6.61 Å². The molecule has 3 heteroatoms. The van der Waals surface area contributed by atoms with E-state index in [1.54, 1.807) is 0 Å². The van der Waals surface area contributed by atoms with E-state index >= 15 is 0 Å². The molecular formula is C10H20ClNO. The van der Waals surface area contributed by atoms with E-state index in [2.05, 4.69) is 18.7 Å². The fraction of sp³-hybridized carbons (Fsp3) is 1.00. The van der Waals surface area contributed by atoms with Crippen molar-refractivity contribution in [2.75, 3.05) is 32.8 Å². The Bertz CT molecular complexity index is 141. The first kappa shape index (κ1) is 11.3. The molecule has 1 aliphatic rings. The van der Waals surface area contributed by atoms with Gasteiger partial charge in [-0.15, -0.1) is 11.6 Å². The lowest BCUT2D eigenvalue weighted by Crippen LogP contribution is -2.25. The number of rotatable bonds is 5. The summed E-state index contributed by atoms with van der Waals surface area (Å²) in [5, 5.41) is 0.366. The van der Waals surface area contributed by atoms with Crippen molar-refractivity contribution >= 4 is 11.6 Å². The molecule has 0 amide bonds. The molecule has 78 valence electrons. The number of alkyl halides is 1. The van der Waals surface area contributed by atoms with Crippen LogP contribution in [0.4, 0.5) is 0 Å². The van der Waals surface area contributed by atoms with Crippen LogP contribution < -0.4 is 0 Å². The molecule has 0 aromatic heterocycles. The maximum absolute atomic E-state index is 5.99. The Hall–Kier alpha value is 0.210. The fourth-order valence-corrected chi connectivity index (χ4v) is 1.79. The first-order valence-corrected chi connectivity index (χ1v) is 5.56. The monoisotopic (exact) mass is 205 g/mol. The van der Waals surface area contributed by atoms with E-state index < -0.39 is 0 Å². The molecule has 0 radical (unpaired) electrons. The van der Waals surface area contributed by atoms with Crippen molar-refractivity contribution in [1.29, 1.82) is 0 Å². The topological polar surface area (TPSA) is 12.5 Å². The molecule has 1 saturated heterocycles. The van der Waals surface area contributed by atoms with Crippen LogP contribution in [0, 0.1) is 5.92 Å². The average Bonchev–Trinajstić information content (AvgIpc) is 2.45. The highest BCUT2D eigenvalue weighted by Gasteiger charge is 2.19. The number of hydrogen-bond acceptors (Lipinski definition) is 2. The average molecular weight is 206 g/mol. The number of halogens is 1. The van der Waals surface area contributed by atoms with Gasteiger partial charge in [0.1, 0.15) is 0 Å². The summed E-state index contributed by atoms with van der Waals surface area (Å²) in [6.07, 6.45) is 1.13. The molecule has 0 bridgehead atoms. The Kier molecular flexibility index (Phi) is 5.07. The van der Waals surface area contributed by atoms with Crippen LogP contribution in [-0.4, -0.2) is 43.1 Å². The van der Waals surface area contributed by atoms with Crippen molar-refractivity contribution < 1.29 is 4.74 Å². The van der Waals surface area contributed by atoms with Gasteiger partial charge in [0, 0.05) is 25.1 Å². The van der Waals surface area contributed by atoms with E-state index in [9.17, 15) is 0 Å². The molecule has 1 heterocycles. The minimum Gasteiger partial charge on any atom is -0.380 e. The highest BCUT2D eigenvalue weighted by Crippen LogP contribution is 2.13. The van der Waals surface area contributed by atoms with Crippen LogP contribution in [0.5, 0.6) is 0 Å². The van der Waals surface area contributed by atoms with Crippen molar-refractivity contribution in [3.63, 3.8) is 0 Å². The van der Waals surface area contributed by atoms with Gasteiger partial charge < -0.3 is 4.74 Å². The third-order valence-corrected chi connectivity index (χ3v) is 2.57. The van der Waals surface area contributed by atoms with Crippen LogP contribution in [0.3, 0.4) is 0 Å². The van der Waals surface area contributed by atoms with Crippen LogP contribution in [0.2, 0.25) is 0 Å². The van der Waals surface area contributed by atoms with E-state index in [1.165, 1.54) is 0 Å². The predicted molar refractivity (Wildman–Crippen MR) is 56.4 cm³/mol. The maximum Gasteiger partial charge on any atom is 0.0593 e. The van der Waals surface area contributed by atoms with Crippen molar-refractivity contribution in [2.24, 2.45) is 5.92 Å². The summed E-state index contributed by atoms with van der Waals surface area (Å²) in [6.45, 7) is 9.27. The summed E-state index contributed by atoms with van der Waals surface area (Å²) in [6, 6.07) is 0. The Labute approximate surface area is 86.2 Å². The molecule has 1 unspecified atom stereocenters. The molecule has 1 rings (SSSR count). The first-order chi connectivity index (χ1) is 6.18. The van der Waals surface area contributed by atoms with Gasteiger partial charge in [-0.25, -0.2) is 0 Å². The first-order valence-electron chi connectivity index (χ1n) is 5.12. The van der Waals surface area contributed by atoms with Gasteiger partial charge in [0.15, 0.2) is 0 Å². The lowest BCUT2D eigenvalue weighted by atomic mass is 10.2. The minimum absolute atomic E-state index is 0.366. The maximum atomic E-state index is 5.99. The third-order valence-electron chi connectivity index (χ3n) is 2.22. The highest BCUT2D eigenvalue weighted by molar-refractivity contribution is 6.20. The molecule has 1 atom stereocenters. The van der Waals surface area contributed by atoms with E-state index in [-0.39, 0.29) is 0 Å². The molecule has 1 fully saturated rings. The zero-order valence-corrected chi connectivity index (χ0v) is 9.39. The van der Waals surface area contributed by atoms with Crippen LogP contribution >= 0.6 is 11.6 Å². The fourth-order valence-electron chi connectivity index (χ4n) is 1.50.